The Morgan fingerprint density at radius 2 is 1.61 bits per heavy atom. The second kappa shape index (κ2) is 30.1. The molecule has 2 saturated heterocycles. The van der Waals surface area contributed by atoms with Gasteiger partial charge in [-0.15, -0.1) is 11.8 Å². The molecule has 5 heterocycles. The molecule has 504 valence electrons. The number of phosphoric acid groups is 3. The number of carbonyl (C=O) groups is 6. The highest BCUT2D eigenvalue weighted by atomic mass is 32.2. The van der Waals surface area contributed by atoms with E-state index in [0.29, 0.717) is 33.4 Å². The maximum Gasteiger partial charge on any atom is 0.481 e. The molecule has 37 heteroatoms. The van der Waals surface area contributed by atoms with Gasteiger partial charge in [0.05, 0.1) is 36.8 Å². The molecule has 8 atom stereocenters. The first-order chi connectivity index (χ1) is 43.9. The van der Waals surface area contributed by atoms with Gasteiger partial charge in [0.1, 0.15) is 60.7 Å². The maximum atomic E-state index is 13.5. The Morgan fingerprint density at radius 1 is 0.903 bits per heavy atom. The minimum absolute atomic E-state index is 0.00347. The Hall–Kier alpha value is -7.10. The number of anilines is 2. The van der Waals surface area contributed by atoms with Crippen molar-refractivity contribution in [3.63, 3.8) is 0 Å². The van der Waals surface area contributed by atoms with Crippen LogP contribution in [0, 0.1) is 5.41 Å². The molecule has 11 N–H and O–H groups in total. The molecule has 2 aromatic carbocycles. The van der Waals surface area contributed by atoms with Crippen molar-refractivity contribution in [1.82, 2.24) is 44.9 Å². The number of amides is 5. The molecule has 5 amide bonds. The number of benzene rings is 3. The second-order valence-corrected chi connectivity index (χ2v) is 27.5. The molecule has 2 fully saturated rings. The lowest BCUT2D eigenvalue weighted by molar-refractivity contribution is -0.255. The van der Waals surface area contributed by atoms with Crippen molar-refractivity contribution in [3.8, 4) is 22.5 Å². The lowest BCUT2D eigenvalue weighted by atomic mass is 9.87. The van der Waals surface area contributed by atoms with E-state index in [1.54, 1.807) is 6.07 Å². The standard InChI is InChI=1S/C56H72N11O22P3S/c1-7-64(8-2)32-12-15-35-38(24-32)86-39-25-33(65(9-3)10-4)13-16-36(39)44(35)34-14-11-31(23-37(34)55(75)76)51(72)60-19-21-66-43(69)26-41(53(66)74)93-22-20-58-42(68)17-18-59-52(73)48(71)56(5,6)28-85-92(82,83)89-91(80,81)84-27-40-47(88-90(77,78)79)46(70)54(87-40)67-30-63-45-49(57)61-29-62-50(45)67/h11-16,23-25,29-30,40-41,46-48,54,70-71H,7-10,17-22,26-28H2,1-6H3,(H9-,57,58,59,60,61,62,68,72,73,75,76,77,78,79,80,81,82,83)/t40-,41?,46-,47-,48+,54-/m1/s1. The Labute approximate surface area is 535 Å². The lowest BCUT2D eigenvalue weighted by Gasteiger charge is -2.30. The van der Waals surface area contributed by atoms with Gasteiger partial charge in [-0.05, 0) is 63.6 Å². The highest BCUT2D eigenvalue weighted by molar-refractivity contribution is 8.00. The summed E-state index contributed by atoms with van der Waals surface area (Å²) in [7, 11) is -16.6. The second-order valence-electron chi connectivity index (χ2n) is 22.0. The summed E-state index contributed by atoms with van der Waals surface area (Å²) in [6.45, 7) is 10.9. The highest BCUT2D eigenvalue weighted by Crippen LogP contribution is 2.61. The van der Waals surface area contributed by atoms with Gasteiger partial charge in [0.15, 0.2) is 17.7 Å². The fraction of sp³-hybridized carbons (Fsp3) is 0.464. The number of imide groups is 1. The monoisotopic (exact) mass is 1380 g/mol. The zero-order valence-electron chi connectivity index (χ0n) is 51.2. The number of nitrogen functional groups attached to an aromatic ring is 1. The van der Waals surface area contributed by atoms with Gasteiger partial charge < -0.3 is 75.4 Å². The van der Waals surface area contributed by atoms with Gasteiger partial charge in [-0.2, -0.15) is 4.31 Å². The van der Waals surface area contributed by atoms with E-state index in [0.717, 1.165) is 71.1 Å². The number of ether oxygens (including phenoxy) is 1. The van der Waals surface area contributed by atoms with E-state index < -0.39 is 113 Å². The van der Waals surface area contributed by atoms with Gasteiger partial charge in [0.2, 0.25) is 29.0 Å². The Morgan fingerprint density at radius 3 is 2.30 bits per heavy atom. The fourth-order valence-electron chi connectivity index (χ4n) is 10.5. The first-order valence-corrected chi connectivity index (χ1v) is 34.8. The average molecular weight is 1380 g/mol. The molecule has 8 rings (SSSR count). The minimum atomic E-state index is -5.65. The number of nitrogens with one attached hydrogen (secondary N) is 3. The van der Waals surface area contributed by atoms with Crippen LogP contribution in [0.2, 0.25) is 0 Å². The number of carbonyl (C=O) groups excluding carboxylic acids is 6. The van der Waals surface area contributed by atoms with Crippen LogP contribution in [0.15, 0.2) is 71.7 Å². The van der Waals surface area contributed by atoms with E-state index in [-0.39, 0.29) is 72.9 Å². The maximum absolute atomic E-state index is 13.5. The predicted molar refractivity (Wildman–Crippen MR) is 332 cm³/mol. The van der Waals surface area contributed by atoms with Crippen LogP contribution in [0.3, 0.4) is 0 Å². The smallest absolute Gasteiger partial charge is 0.481 e. The van der Waals surface area contributed by atoms with Gasteiger partial charge in [-0.25, -0.2) is 33.2 Å². The number of aromatic carboxylic acids is 1. The van der Waals surface area contributed by atoms with E-state index in [9.17, 15) is 77.4 Å². The molecule has 93 heavy (non-hydrogen) atoms. The number of hydrogen-bond donors (Lipinski definition) is 10. The summed E-state index contributed by atoms with van der Waals surface area (Å²) in [4.78, 5) is 133. The number of fused-ring (bicyclic) bond motifs is 3. The van der Waals surface area contributed by atoms with Crippen molar-refractivity contribution in [3.05, 3.63) is 83.7 Å². The number of carboxylic acids is 1. The SMILES string of the molecule is CCN(CC)c1ccc2c(-c3ccc(C(=O)NCCN4C(=O)CC(SCCNC(=O)CCNC(=O)[C@H](O)C(C)(C)COP(=O)(O)OP(=O)(O)OC[C@H]5O[C@@H](n6cnc7c(N)ncnc76)[C@H](O)[C@@H]5OP(=O)(O)O)C4=O)cc3C(=O)[O-])c3ccc(=[N+](CC)CC)cc-3oc2c1. The molecule has 1 aliphatic carbocycles. The highest BCUT2D eigenvalue weighted by Gasteiger charge is 2.50. The average Bonchev–Trinajstić information content (AvgIpc) is 1.36. The summed E-state index contributed by atoms with van der Waals surface area (Å²) in [6, 6.07) is 15.8. The third kappa shape index (κ3) is 17.3. The van der Waals surface area contributed by atoms with Crippen LogP contribution in [0.1, 0.15) is 81.3 Å². The number of aromatic nitrogens is 4. The number of aliphatic hydroxyl groups is 2. The molecule has 33 nitrogen and oxygen atoms in total. The summed E-state index contributed by atoms with van der Waals surface area (Å²) < 4.78 is 71.5. The van der Waals surface area contributed by atoms with Crippen molar-refractivity contribution < 1.29 is 104 Å². The number of rotatable bonds is 31. The summed E-state index contributed by atoms with van der Waals surface area (Å²) in [5.74, 6) is -4.12. The number of nitrogens with two attached hydrogens (primary N) is 1. The van der Waals surface area contributed by atoms with Crippen molar-refractivity contribution in [2.45, 2.75) is 90.3 Å². The van der Waals surface area contributed by atoms with Crippen LogP contribution in [-0.4, -0.2) is 191 Å². The third-order valence-corrected chi connectivity index (χ3v) is 19.7. The van der Waals surface area contributed by atoms with Gasteiger partial charge in [-0.1, -0.05) is 19.9 Å². The van der Waals surface area contributed by atoms with Crippen molar-refractivity contribution in [1.29, 1.82) is 0 Å². The van der Waals surface area contributed by atoms with Crippen LogP contribution in [0.5, 0.6) is 0 Å². The number of likely N-dealkylation sites (tertiary alicyclic amines) is 1. The molecular formula is C56H72N11O22P3S. The largest absolute Gasteiger partial charge is 0.545 e. The molecule has 3 unspecified atom stereocenters. The van der Waals surface area contributed by atoms with Crippen molar-refractivity contribution >= 4 is 104 Å². The van der Waals surface area contributed by atoms with E-state index in [4.69, 9.17) is 23.9 Å². The molecule has 0 radical (unpaired) electrons. The topological polar surface area (TPSA) is 473 Å². The molecule has 3 aliphatic heterocycles. The Balaban J connectivity index is 0.761. The summed E-state index contributed by atoms with van der Waals surface area (Å²) in [5, 5.41) is 43.1. The van der Waals surface area contributed by atoms with Crippen LogP contribution in [0.25, 0.3) is 44.6 Å². The minimum Gasteiger partial charge on any atom is -0.545 e. The number of nitrogens with zero attached hydrogens (tertiary/aromatic N) is 7. The lowest BCUT2D eigenvalue weighted by Crippen LogP contribution is -2.46. The molecule has 0 bridgehead atoms. The number of imidazole rings is 1. The predicted octanol–water partition coefficient (Wildman–Crippen LogP) is 1.24. The number of carboxylic acid groups (broad SMARTS) is 1. The van der Waals surface area contributed by atoms with Crippen molar-refractivity contribution in [2.24, 2.45) is 5.41 Å². The van der Waals surface area contributed by atoms with Gasteiger partial charge in [0, 0.05) is 109 Å². The van der Waals surface area contributed by atoms with Gasteiger partial charge in [-0.3, -0.25) is 47.0 Å². The zero-order valence-corrected chi connectivity index (χ0v) is 54.7. The molecule has 4 aliphatic rings. The third-order valence-electron chi connectivity index (χ3n) is 15.4. The zero-order chi connectivity index (χ0) is 67.9. The molecule has 2 aromatic heterocycles. The van der Waals surface area contributed by atoms with Crippen molar-refractivity contribution in [2.75, 3.05) is 82.0 Å². The van der Waals surface area contributed by atoms with Crippen LogP contribution in [-0.2, 0) is 55.5 Å². The number of phosphoric ester groups is 3. The molecular weight excluding hydrogens is 1300 g/mol. The van der Waals surface area contributed by atoms with E-state index in [2.05, 4.69) is 49.2 Å². The molecule has 0 spiro atoms. The first kappa shape index (κ1) is 71.7. The van der Waals surface area contributed by atoms with Gasteiger partial charge in [0.25, 0.3) is 5.91 Å². The molecule has 4 aromatic rings. The number of aliphatic hydroxyl groups excluding tert-OH is 2. The van der Waals surface area contributed by atoms with Crippen LogP contribution >= 0.6 is 35.2 Å². The van der Waals surface area contributed by atoms with Crippen LogP contribution < -0.4 is 41.6 Å². The normalized spacial score (nSPS) is 19.4. The van der Waals surface area contributed by atoms with E-state index in [1.807, 2.05) is 64.1 Å². The number of hydrogen-bond acceptors (Lipinski definition) is 24. The summed E-state index contributed by atoms with van der Waals surface area (Å²) in [5.41, 5.74) is 6.90. The summed E-state index contributed by atoms with van der Waals surface area (Å²) in [6.07, 6.45) is -7.46. The van der Waals surface area contributed by atoms with Crippen LogP contribution in [0.4, 0.5) is 11.5 Å². The first-order valence-electron chi connectivity index (χ1n) is 29.2. The Bertz CT molecular complexity index is 3990. The van der Waals surface area contributed by atoms with E-state index in [1.165, 1.54) is 26.0 Å². The molecule has 0 saturated carbocycles. The Kier molecular flexibility index (Phi) is 23.2. The van der Waals surface area contributed by atoms with Gasteiger partial charge >= 0.3 is 23.5 Å². The number of thioether (sulfide) groups is 1. The quantitative estimate of drug-likeness (QED) is 0.00962. The van der Waals surface area contributed by atoms with E-state index >= 15 is 0 Å². The summed E-state index contributed by atoms with van der Waals surface area (Å²) >= 11 is 1.11. The fourth-order valence-corrected chi connectivity index (χ4v) is 14.4.